The summed E-state index contributed by atoms with van der Waals surface area (Å²) in [5.74, 6) is 0.785. The number of aliphatic hydroxyl groups excluding tert-OH is 1. The first-order chi connectivity index (χ1) is 13.6. The summed E-state index contributed by atoms with van der Waals surface area (Å²) >= 11 is 0. The lowest BCUT2D eigenvalue weighted by Gasteiger charge is -2.11. The Morgan fingerprint density at radius 2 is 2.07 bits per heavy atom. The van der Waals surface area contributed by atoms with Crippen LogP contribution in [-0.2, 0) is 13.1 Å². The molecule has 4 heterocycles. The molecular formula is C19H19N5O4. The van der Waals surface area contributed by atoms with Gasteiger partial charge in [-0.25, -0.2) is 4.98 Å². The molecule has 0 radical (unpaired) electrons. The molecule has 0 fully saturated rings. The number of rotatable bonds is 6. The Morgan fingerprint density at radius 3 is 2.82 bits per heavy atom. The van der Waals surface area contributed by atoms with Gasteiger partial charge in [0.2, 0.25) is 0 Å². The first kappa shape index (κ1) is 17.9. The van der Waals surface area contributed by atoms with Crippen molar-refractivity contribution in [2.24, 2.45) is 0 Å². The van der Waals surface area contributed by atoms with Crippen LogP contribution < -0.4 is 14.4 Å². The van der Waals surface area contributed by atoms with E-state index in [0.717, 1.165) is 5.56 Å². The van der Waals surface area contributed by atoms with Gasteiger partial charge in [0.05, 0.1) is 62.8 Å². The van der Waals surface area contributed by atoms with Gasteiger partial charge in [0.15, 0.2) is 5.75 Å². The lowest BCUT2D eigenvalue weighted by atomic mass is 10.1. The van der Waals surface area contributed by atoms with Crippen molar-refractivity contribution in [2.75, 3.05) is 25.7 Å². The third-order valence-electron chi connectivity index (χ3n) is 4.55. The molecule has 1 amide bonds. The Balaban J connectivity index is 1.63. The van der Waals surface area contributed by atoms with Crippen molar-refractivity contribution in [2.45, 2.75) is 13.1 Å². The van der Waals surface area contributed by atoms with Gasteiger partial charge in [-0.1, -0.05) is 0 Å². The van der Waals surface area contributed by atoms with E-state index in [4.69, 9.17) is 14.6 Å². The summed E-state index contributed by atoms with van der Waals surface area (Å²) in [5.41, 5.74) is 3.38. The van der Waals surface area contributed by atoms with Crippen LogP contribution in [0.25, 0.3) is 11.3 Å². The predicted octanol–water partition coefficient (Wildman–Crippen LogP) is 1.51. The molecule has 1 aliphatic heterocycles. The van der Waals surface area contributed by atoms with Gasteiger partial charge in [-0.2, -0.15) is 5.10 Å². The molecule has 0 atom stereocenters. The van der Waals surface area contributed by atoms with E-state index < -0.39 is 0 Å². The number of pyridine rings is 2. The maximum absolute atomic E-state index is 12.7. The molecule has 0 aromatic carbocycles. The number of ether oxygens (including phenoxy) is 2. The van der Waals surface area contributed by atoms with Crippen LogP contribution in [-0.4, -0.2) is 51.6 Å². The van der Waals surface area contributed by atoms with Crippen molar-refractivity contribution in [3.63, 3.8) is 0 Å². The zero-order valence-corrected chi connectivity index (χ0v) is 15.5. The van der Waals surface area contributed by atoms with E-state index in [2.05, 4.69) is 15.1 Å². The summed E-state index contributed by atoms with van der Waals surface area (Å²) in [7, 11) is 3.08. The van der Waals surface area contributed by atoms with Gasteiger partial charge in [-0.3, -0.25) is 19.4 Å². The maximum atomic E-state index is 12.7. The molecule has 9 heteroatoms. The SMILES string of the molecule is COc1cc(-c2ccc3c(n2)CN(c2cnn(CCO)c2)C3=O)cnc1OC. The Labute approximate surface area is 161 Å². The molecule has 0 saturated heterocycles. The molecule has 0 spiro atoms. The summed E-state index contributed by atoms with van der Waals surface area (Å²) < 4.78 is 12.1. The molecule has 0 bridgehead atoms. The number of aliphatic hydroxyl groups is 1. The highest BCUT2D eigenvalue weighted by atomic mass is 16.5. The second kappa shape index (κ2) is 7.28. The fourth-order valence-electron chi connectivity index (χ4n) is 3.14. The summed E-state index contributed by atoms with van der Waals surface area (Å²) in [4.78, 5) is 23.3. The Kier molecular flexibility index (Phi) is 4.66. The normalized spacial score (nSPS) is 13.0. The molecule has 28 heavy (non-hydrogen) atoms. The minimum Gasteiger partial charge on any atom is -0.491 e. The molecule has 4 rings (SSSR count). The Hall–Kier alpha value is -3.46. The minimum atomic E-state index is -0.122. The van der Waals surface area contributed by atoms with Crippen molar-refractivity contribution in [1.29, 1.82) is 0 Å². The molecule has 0 unspecified atom stereocenters. The number of carbonyl (C=O) groups is 1. The fraction of sp³-hybridized carbons (Fsp3) is 0.263. The molecule has 3 aromatic heterocycles. The van der Waals surface area contributed by atoms with E-state index in [9.17, 15) is 4.79 Å². The highest BCUT2D eigenvalue weighted by Crippen LogP contribution is 2.32. The van der Waals surface area contributed by atoms with Gasteiger partial charge in [-0.15, -0.1) is 0 Å². The zero-order valence-electron chi connectivity index (χ0n) is 15.5. The lowest BCUT2D eigenvalue weighted by molar-refractivity contribution is 0.0996. The van der Waals surface area contributed by atoms with Gasteiger partial charge in [0, 0.05) is 18.0 Å². The van der Waals surface area contributed by atoms with Gasteiger partial charge in [0.25, 0.3) is 11.8 Å². The molecule has 1 N–H and O–H groups in total. The summed E-state index contributed by atoms with van der Waals surface area (Å²) in [6, 6.07) is 5.36. The number of fused-ring (bicyclic) bond motifs is 1. The fourth-order valence-corrected chi connectivity index (χ4v) is 3.14. The monoisotopic (exact) mass is 381 g/mol. The summed E-state index contributed by atoms with van der Waals surface area (Å²) in [6.07, 6.45) is 5.00. The largest absolute Gasteiger partial charge is 0.491 e. The molecule has 144 valence electrons. The zero-order chi connectivity index (χ0) is 19.7. The highest BCUT2D eigenvalue weighted by molar-refractivity contribution is 6.09. The van der Waals surface area contributed by atoms with Crippen LogP contribution in [0, 0.1) is 0 Å². The van der Waals surface area contributed by atoms with E-state index >= 15 is 0 Å². The Morgan fingerprint density at radius 1 is 1.21 bits per heavy atom. The van der Waals surface area contributed by atoms with Crippen molar-refractivity contribution in [3.05, 3.63) is 48.0 Å². The van der Waals surface area contributed by atoms with E-state index in [0.29, 0.717) is 47.4 Å². The van der Waals surface area contributed by atoms with Crippen LogP contribution in [0.1, 0.15) is 16.1 Å². The number of hydrogen-bond donors (Lipinski definition) is 1. The number of carbonyl (C=O) groups excluding carboxylic acids is 1. The van der Waals surface area contributed by atoms with Gasteiger partial charge in [-0.05, 0) is 18.2 Å². The highest BCUT2D eigenvalue weighted by Gasteiger charge is 2.31. The van der Waals surface area contributed by atoms with Crippen molar-refractivity contribution < 1.29 is 19.4 Å². The van der Waals surface area contributed by atoms with E-state index in [-0.39, 0.29) is 12.5 Å². The Bertz CT molecular complexity index is 1030. The average Bonchev–Trinajstić information content (AvgIpc) is 3.31. The molecule has 3 aromatic rings. The number of nitrogens with zero attached hydrogens (tertiary/aromatic N) is 5. The van der Waals surface area contributed by atoms with Crippen molar-refractivity contribution in [3.8, 4) is 22.9 Å². The molecule has 0 saturated carbocycles. The lowest BCUT2D eigenvalue weighted by Crippen LogP contribution is -2.22. The second-order valence-corrected chi connectivity index (χ2v) is 6.20. The maximum Gasteiger partial charge on any atom is 0.260 e. The summed E-state index contributed by atoms with van der Waals surface area (Å²) in [5, 5.41) is 13.2. The van der Waals surface area contributed by atoms with Gasteiger partial charge in [0.1, 0.15) is 0 Å². The van der Waals surface area contributed by atoms with Crippen LogP contribution in [0.3, 0.4) is 0 Å². The van der Waals surface area contributed by atoms with E-state index in [1.165, 1.54) is 7.11 Å². The average molecular weight is 381 g/mol. The number of methoxy groups -OCH3 is 2. The standard InChI is InChI=1S/C19H19N5O4/c1-27-17-7-12(8-20-18(17)28-2)15-4-3-14-16(22-15)11-24(19(14)26)13-9-21-23(10-13)5-6-25/h3-4,7-10,25H,5-6,11H2,1-2H3. The third-order valence-corrected chi connectivity index (χ3v) is 4.55. The molecular weight excluding hydrogens is 362 g/mol. The number of hydrogen-bond acceptors (Lipinski definition) is 7. The first-order valence-corrected chi connectivity index (χ1v) is 8.68. The molecule has 1 aliphatic rings. The van der Waals surface area contributed by atoms with Crippen molar-refractivity contribution >= 4 is 11.6 Å². The number of amides is 1. The predicted molar refractivity (Wildman–Crippen MR) is 100 cm³/mol. The van der Waals surface area contributed by atoms with Crippen LogP contribution in [0.2, 0.25) is 0 Å². The first-order valence-electron chi connectivity index (χ1n) is 8.68. The van der Waals surface area contributed by atoms with Crippen molar-refractivity contribution in [1.82, 2.24) is 19.7 Å². The van der Waals surface area contributed by atoms with E-state index in [1.54, 1.807) is 53.5 Å². The minimum absolute atomic E-state index is 0.0143. The quantitative estimate of drug-likeness (QED) is 0.690. The summed E-state index contributed by atoms with van der Waals surface area (Å²) in [6.45, 7) is 0.719. The topological polar surface area (TPSA) is 103 Å². The van der Waals surface area contributed by atoms with E-state index in [1.807, 2.05) is 0 Å². The second-order valence-electron chi connectivity index (χ2n) is 6.20. The van der Waals surface area contributed by atoms with Crippen LogP contribution in [0.15, 0.2) is 36.8 Å². The van der Waals surface area contributed by atoms with Crippen LogP contribution >= 0.6 is 0 Å². The van der Waals surface area contributed by atoms with Gasteiger partial charge >= 0.3 is 0 Å². The molecule has 9 nitrogen and oxygen atoms in total. The number of aromatic nitrogens is 4. The smallest absolute Gasteiger partial charge is 0.260 e. The van der Waals surface area contributed by atoms with Crippen LogP contribution in [0.4, 0.5) is 5.69 Å². The number of anilines is 1. The van der Waals surface area contributed by atoms with Gasteiger partial charge < -0.3 is 14.6 Å². The third kappa shape index (κ3) is 3.05. The molecule has 0 aliphatic carbocycles. The van der Waals surface area contributed by atoms with Crippen LogP contribution in [0.5, 0.6) is 11.6 Å².